The van der Waals surface area contributed by atoms with Gasteiger partial charge in [0.05, 0.1) is 0 Å². The van der Waals surface area contributed by atoms with Gasteiger partial charge in [-0.05, 0) is 67.7 Å². The molecule has 1 unspecified atom stereocenters. The molecule has 1 aliphatic rings. The third-order valence-corrected chi connectivity index (χ3v) is 4.68. The summed E-state index contributed by atoms with van der Waals surface area (Å²) in [6.45, 7) is 4.09. The van der Waals surface area contributed by atoms with Gasteiger partial charge >= 0.3 is 0 Å². The van der Waals surface area contributed by atoms with Gasteiger partial charge in [-0.15, -0.1) is 0 Å². The maximum absolute atomic E-state index is 5.61. The number of rotatable bonds is 5. The molecule has 0 radical (unpaired) electrons. The van der Waals surface area contributed by atoms with Crippen LogP contribution in [0.2, 0.25) is 0 Å². The zero-order valence-corrected chi connectivity index (χ0v) is 13.0. The van der Waals surface area contributed by atoms with Crippen molar-refractivity contribution >= 4 is 0 Å². The Labute approximate surface area is 127 Å². The van der Waals surface area contributed by atoms with E-state index in [4.69, 9.17) is 5.73 Å². The van der Waals surface area contributed by atoms with Gasteiger partial charge in [-0.3, -0.25) is 4.90 Å². The Hall–Kier alpha value is -1.64. The number of hydrogen-bond donors (Lipinski definition) is 1. The summed E-state index contributed by atoms with van der Waals surface area (Å²) in [6.07, 6.45) is 2.12. The van der Waals surface area contributed by atoms with Crippen molar-refractivity contribution in [1.82, 2.24) is 4.90 Å². The third-order valence-electron chi connectivity index (χ3n) is 4.68. The summed E-state index contributed by atoms with van der Waals surface area (Å²) in [6, 6.07) is 16.1. The predicted molar refractivity (Wildman–Crippen MR) is 89.4 cm³/mol. The van der Waals surface area contributed by atoms with Crippen LogP contribution in [0.25, 0.3) is 11.1 Å². The first-order chi connectivity index (χ1) is 10.2. The first-order valence-corrected chi connectivity index (χ1v) is 7.82. The van der Waals surface area contributed by atoms with Gasteiger partial charge in [-0.25, -0.2) is 0 Å². The van der Waals surface area contributed by atoms with Crippen LogP contribution < -0.4 is 5.73 Å². The van der Waals surface area contributed by atoms with Crippen molar-refractivity contribution in [2.24, 2.45) is 5.73 Å². The van der Waals surface area contributed by atoms with E-state index in [1.165, 1.54) is 27.8 Å². The molecule has 2 heteroatoms. The monoisotopic (exact) mass is 280 g/mol. The second-order valence-electron chi connectivity index (χ2n) is 6.05. The largest absolute Gasteiger partial charge is 0.330 e. The standard InChI is InChI=1S/C19H24N2/c1-14(21(2)11-5-10-20)15-8-9-19-17(12-15)13-16-6-3-4-7-18(16)19/h3-4,6-9,12,14H,5,10-11,13,20H2,1-2H3. The fraction of sp³-hybridized carbons (Fsp3) is 0.368. The van der Waals surface area contributed by atoms with Crippen molar-refractivity contribution < 1.29 is 0 Å². The van der Waals surface area contributed by atoms with Crippen molar-refractivity contribution in [3.05, 3.63) is 59.2 Å². The number of fused-ring (bicyclic) bond motifs is 3. The highest BCUT2D eigenvalue weighted by Crippen LogP contribution is 2.37. The molecule has 0 aliphatic heterocycles. The van der Waals surface area contributed by atoms with Gasteiger partial charge in [-0.1, -0.05) is 42.5 Å². The molecule has 2 aromatic rings. The van der Waals surface area contributed by atoms with Crippen LogP contribution in [0.15, 0.2) is 42.5 Å². The molecule has 2 nitrogen and oxygen atoms in total. The van der Waals surface area contributed by atoms with Crippen LogP contribution >= 0.6 is 0 Å². The Morgan fingerprint density at radius 2 is 1.86 bits per heavy atom. The quantitative estimate of drug-likeness (QED) is 0.773. The van der Waals surface area contributed by atoms with Gasteiger partial charge in [0, 0.05) is 6.04 Å². The Morgan fingerprint density at radius 3 is 2.67 bits per heavy atom. The second-order valence-corrected chi connectivity index (χ2v) is 6.05. The average Bonchev–Trinajstić information content (AvgIpc) is 2.89. The van der Waals surface area contributed by atoms with E-state index in [0.29, 0.717) is 6.04 Å². The van der Waals surface area contributed by atoms with E-state index in [1.54, 1.807) is 0 Å². The second kappa shape index (κ2) is 6.00. The molecule has 0 bridgehead atoms. The van der Waals surface area contributed by atoms with Crippen molar-refractivity contribution in [2.75, 3.05) is 20.1 Å². The zero-order valence-electron chi connectivity index (χ0n) is 13.0. The van der Waals surface area contributed by atoms with Crippen LogP contribution in [-0.2, 0) is 6.42 Å². The van der Waals surface area contributed by atoms with Gasteiger partial charge in [0.2, 0.25) is 0 Å². The van der Waals surface area contributed by atoms with E-state index >= 15 is 0 Å². The first-order valence-electron chi connectivity index (χ1n) is 7.82. The molecule has 110 valence electrons. The number of nitrogens with zero attached hydrogens (tertiary/aromatic N) is 1. The molecular formula is C19H24N2. The molecule has 0 aromatic heterocycles. The van der Waals surface area contributed by atoms with Crippen molar-refractivity contribution in [1.29, 1.82) is 0 Å². The first kappa shape index (κ1) is 14.3. The summed E-state index contributed by atoms with van der Waals surface area (Å²) in [5.74, 6) is 0. The lowest BCUT2D eigenvalue weighted by molar-refractivity contribution is 0.260. The van der Waals surface area contributed by atoms with E-state index in [2.05, 4.69) is 61.3 Å². The van der Waals surface area contributed by atoms with E-state index in [0.717, 1.165) is 25.9 Å². The molecule has 1 aliphatic carbocycles. The van der Waals surface area contributed by atoms with E-state index in [9.17, 15) is 0 Å². The summed E-state index contributed by atoms with van der Waals surface area (Å²) in [7, 11) is 2.18. The minimum Gasteiger partial charge on any atom is -0.330 e. The lowest BCUT2D eigenvalue weighted by Crippen LogP contribution is -2.25. The van der Waals surface area contributed by atoms with Crippen molar-refractivity contribution in [3.63, 3.8) is 0 Å². The van der Waals surface area contributed by atoms with Gasteiger partial charge in [0.1, 0.15) is 0 Å². The molecule has 1 atom stereocenters. The molecule has 0 amide bonds. The summed E-state index contributed by atoms with van der Waals surface area (Å²) >= 11 is 0. The Balaban J connectivity index is 1.83. The molecular weight excluding hydrogens is 256 g/mol. The van der Waals surface area contributed by atoms with Gasteiger partial charge < -0.3 is 5.73 Å². The SMILES string of the molecule is CC(c1ccc2c(c1)Cc1ccccc1-2)N(C)CCCN. The number of nitrogens with two attached hydrogens (primary N) is 1. The van der Waals surface area contributed by atoms with Crippen LogP contribution in [0.3, 0.4) is 0 Å². The molecule has 0 heterocycles. The summed E-state index contributed by atoms with van der Waals surface area (Å²) < 4.78 is 0. The van der Waals surface area contributed by atoms with Crippen molar-refractivity contribution in [3.8, 4) is 11.1 Å². The molecule has 2 N–H and O–H groups in total. The fourth-order valence-corrected chi connectivity index (χ4v) is 3.21. The maximum atomic E-state index is 5.61. The highest BCUT2D eigenvalue weighted by Gasteiger charge is 2.19. The summed E-state index contributed by atoms with van der Waals surface area (Å²) in [5.41, 5.74) is 12.7. The van der Waals surface area contributed by atoms with Gasteiger partial charge in [0.15, 0.2) is 0 Å². The third kappa shape index (κ3) is 2.74. The molecule has 21 heavy (non-hydrogen) atoms. The normalized spacial score (nSPS) is 14.1. The van der Waals surface area contributed by atoms with Crippen LogP contribution in [0.1, 0.15) is 36.1 Å². The smallest absolute Gasteiger partial charge is 0.0316 e. The predicted octanol–water partition coefficient (Wildman–Crippen LogP) is 3.60. The zero-order chi connectivity index (χ0) is 14.8. The van der Waals surface area contributed by atoms with Crippen LogP contribution in [-0.4, -0.2) is 25.0 Å². The molecule has 0 saturated heterocycles. The lowest BCUT2D eigenvalue weighted by Gasteiger charge is -2.25. The Kier molecular flexibility index (Phi) is 4.09. The molecule has 0 spiro atoms. The van der Waals surface area contributed by atoms with Crippen LogP contribution in [0.4, 0.5) is 0 Å². The Morgan fingerprint density at radius 1 is 1.10 bits per heavy atom. The summed E-state index contributed by atoms with van der Waals surface area (Å²) in [5, 5.41) is 0. The minimum atomic E-state index is 0.436. The molecule has 2 aromatic carbocycles. The van der Waals surface area contributed by atoms with Crippen LogP contribution in [0, 0.1) is 0 Å². The number of hydrogen-bond acceptors (Lipinski definition) is 2. The number of benzene rings is 2. The minimum absolute atomic E-state index is 0.436. The topological polar surface area (TPSA) is 29.3 Å². The highest BCUT2D eigenvalue weighted by atomic mass is 15.1. The fourth-order valence-electron chi connectivity index (χ4n) is 3.21. The van der Waals surface area contributed by atoms with Gasteiger partial charge in [0.25, 0.3) is 0 Å². The lowest BCUT2D eigenvalue weighted by atomic mass is 9.99. The molecule has 3 rings (SSSR count). The highest BCUT2D eigenvalue weighted by molar-refractivity contribution is 5.76. The Bertz CT molecular complexity index is 633. The van der Waals surface area contributed by atoms with E-state index in [-0.39, 0.29) is 0 Å². The summed E-state index contributed by atoms with van der Waals surface area (Å²) in [4.78, 5) is 2.39. The van der Waals surface area contributed by atoms with Gasteiger partial charge in [-0.2, -0.15) is 0 Å². The van der Waals surface area contributed by atoms with Crippen molar-refractivity contribution in [2.45, 2.75) is 25.8 Å². The van der Waals surface area contributed by atoms with Crippen LogP contribution in [0.5, 0.6) is 0 Å². The maximum Gasteiger partial charge on any atom is 0.0316 e. The van der Waals surface area contributed by atoms with E-state index in [1.807, 2.05) is 0 Å². The van der Waals surface area contributed by atoms with E-state index < -0.39 is 0 Å². The molecule has 0 fully saturated rings. The molecule has 0 saturated carbocycles. The average molecular weight is 280 g/mol.